The van der Waals surface area contributed by atoms with Gasteiger partial charge in [-0.25, -0.2) is 13.2 Å². The maximum atomic E-state index is 12.0. The smallest absolute Gasteiger partial charge is 0.337 e. The van der Waals surface area contributed by atoms with E-state index in [1.54, 1.807) is 0 Å². The van der Waals surface area contributed by atoms with Crippen molar-refractivity contribution in [2.24, 2.45) is 0 Å². The van der Waals surface area contributed by atoms with Gasteiger partial charge in [0.2, 0.25) is 0 Å². The number of carbonyl (C=O) groups is 1. The minimum absolute atomic E-state index is 0.101. The van der Waals surface area contributed by atoms with Crippen molar-refractivity contribution in [1.82, 2.24) is 0 Å². The van der Waals surface area contributed by atoms with Gasteiger partial charge in [-0.3, -0.25) is 0 Å². The van der Waals surface area contributed by atoms with Crippen molar-refractivity contribution in [3.05, 3.63) is 27.7 Å². The fraction of sp³-hybridized carbons (Fsp3) is 0.250. The number of hydrogen-bond donors (Lipinski definition) is 1. The number of benzene rings is 1. The van der Waals surface area contributed by atoms with Gasteiger partial charge in [0.05, 0.1) is 26.3 Å². The summed E-state index contributed by atoms with van der Waals surface area (Å²) in [5, 5.41) is 8.70. The normalized spacial score (nSPS) is 11.0. The SMILES string of the molecule is C#CCCCS(=O)(=O)c1cc(C(=O)O)c(Cl)cc1Cl. The first-order valence-corrected chi connectivity index (χ1v) is 7.59. The summed E-state index contributed by atoms with van der Waals surface area (Å²) in [6.07, 6.45) is 5.64. The van der Waals surface area contributed by atoms with Crippen LogP contribution in [0.3, 0.4) is 0 Å². The van der Waals surface area contributed by atoms with E-state index >= 15 is 0 Å². The van der Waals surface area contributed by atoms with Crippen LogP contribution in [0.2, 0.25) is 10.0 Å². The molecule has 1 aromatic rings. The second-order valence-electron chi connectivity index (χ2n) is 3.69. The first kappa shape index (κ1) is 15.8. The zero-order chi connectivity index (χ0) is 14.6. The van der Waals surface area contributed by atoms with E-state index in [-0.39, 0.29) is 32.7 Å². The van der Waals surface area contributed by atoms with Crippen LogP contribution in [0.4, 0.5) is 0 Å². The summed E-state index contributed by atoms with van der Waals surface area (Å²) in [5.41, 5.74) is -0.304. The minimum Gasteiger partial charge on any atom is -0.478 e. The highest BCUT2D eigenvalue weighted by atomic mass is 35.5. The van der Waals surface area contributed by atoms with Gasteiger partial charge in [-0.05, 0) is 18.6 Å². The maximum absolute atomic E-state index is 12.0. The molecule has 1 rings (SSSR count). The Bertz CT molecular complexity index is 644. The predicted molar refractivity (Wildman–Crippen MR) is 73.5 cm³/mol. The van der Waals surface area contributed by atoms with Crippen LogP contribution in [0.25, 0.3) is 0 Å². The van der Waals surface area contributed by atoms with Crippen LogP contribution in [0.1, 0.15) is 23.2 Å². The Morgan fingerprint density at radius 1 is 1.32 bits per heavy atom. The van der Waals surface area contributed by atoms with E-state index < -0.39 is 15.8 Å². The molecule has 0 aliphatic rings. The lowest BCUT2D eigenvalue weighted by molar-refractivity contribution is 0.0697. The van der Waals surface area contributed by atoms with Crippen molar-refractivity contribution >= 4 is 39.0 Å². The third-order valence-electron chi connectivity index (χ3n) is 2.32. The lowest BCUT2D eigenvalue weighted by Crippen LogP contribution is -2.09. The minimum atomic E-state index is -3.69. The lowest BCUT2D eigenvalue weighted by Gasteiger charge is -2.08. The number of aromatic carboxylic acids is 1. The Morgan fingerprint density at radius 2 is 1.95 bits per heavy atom. The molecule has 102 valence electrons. The van der Waals surface area contributed by atoms with Crippen molar-refractivity contribution in [2.45, 2.75) is 17.7 Å². The maximum Gasteiger partial charge on any atom is 0.337 e. The van der Waals surface area contributed by atoms with Gasteiger partial charge in [-0.15, -0.1) is 12.3 Å². The van der Waals surface area contributed by atoms with Crippen LogP contribution in [0.15, 0.2) is 17.0 Å². The molecule has 1 N–H and O–H groups in total. The van der Waals surface area contributed by atoms with E-state index in [0.717, 1.165) is 12.1 Å². The third kappa shape index (κ3) is 3.87. The quantitative estimate of drug-likeness (QED) is 0.669. The van der Waals surface area contributed by atoms with Gasteiger partial charge in [-0.2, -0.15) is 0 Å². The molecule has 0 amide bonds. The summed E-state index contributed by atoms with van der Waals surface area (Å²) in [5.74, 6) is 0.818. The fourth-order valence-electron chi connectivity index (χ4n) is 1.41. The highest BCUT2D eigenvalue weighted by Gasteiger charge is 2.22. The van der Waals surface area contributed by atoms with Crippen molar-refractivity contribution in [2.75, 3.05) is 5.75 Å². The first-order valence-electron chi connectivity index (χ1n) is 5.18. The molecule has 0 fully saturated rings. The number of unbranched alkanes of at least 4 members (excludes halogenated alkanes) is 1. The number of terminal acetylenes is 1. The second kappa shape index (κ2) is 6.29. The summed E-state index contributed by atoms with van der Waals surface area (Å²) in [6.45, 7) is 0. The van der Waals surface area contributed by atoms with Gasteiger partial charge in [0.25, 0.3) is 0 Å². The molecule has 0 saturated carbocycles. The van der Waals surface area contributed by atoms with Gasteiger partial charge >= 0.3 is 5.97 Å². The molecule has 0 atom stereocenters. The van der Waals surface area contributed by atoms with E-state index in [1.807, 2.05) is 0 Å². The average Bonchev–Trinajstić information content (AvgIpc) is 2.28. The van der Waals surface area contributed by atoms with Crippen LogP contribution < -0.4 is 0 Å². The summed E-state index contributed by atoms with van der Waals surface area (Å²) in [6, 6.07) is 2.08. The van der Waals surface area contributed by atoms with Gasteiger partial charge in [-0.1, -0.05) is 23.2 Å². The van der Waals surface area contributed by atoms with E-state index in [2.05, 4.69) is 5.92 Å². The molecule has 0 spiro atoms. The van der Waals surface area contributed by atoms with E-state index in [4.69, 9.17) is 34.7 Å². The van der Waals surface area contributed by atoms with Crippen molar-refractivity contribution in [3.63, 3.8) is 0 Å². The van der Waals surface area contributed by atoms with E-state index in [1.165, 1.54) is 0 Å². The molecule has 0 aliphatic carbocycles. The molecule has 7 heteroatoms. The number of carboxylic acids is 1. The molecule has 0 aromatic heterocycles. The largest absolute Gasteiger partial charge is 0.478 e. The summed E-state index contributed by atoms with van der Waals surface area (Å²) in [7, 11) is -3.69. The molecule has 0 saturated heterocycles. The van der Waals surface area contributed by atoms with Crippen LogP contribution in [0.5, 0.6) is 0 Å². The third-order valence-corrected chi connectivity index (χ3v) is 4.89. The Kier molecular flexibility index (Phi) is 5.24. The molecule has 0 unspecified atom stereocenters. The molecule has 0 aliphatic heterocycles. The summed E-state index contributed by atoms with van der Waals surface area (Å²) >= 11 is 11.5. The van der Waals surface area contributed by atoms with E-state index in [9.17, 15) is 13.2 Å². The molecule has 4 nitrogen and oxygen atoms in total. The Morgan fingerprint density at radius 3 is 2.47 bits per heavy atom. The van der Waals surface area contributed by atoms with Gasteiger partial charge in [0.1, 0.15) is 0 Å². The van der Waals surface area contributed by atoms with Gasteiger partial charge in [0, 0.05) is 6.42 Å². The number of carboxylic acid groups (broad SMARTS) is 1. The van der Waals surface area contributed by atoms with Crippen LogP contribution in [0, 0.1) is 12.3 Å². The summed E-state index contributed by atoms with van der Waals surface area (Å²) in [4.78, 5) is 10.7. The van der Waals surface area contributed by atoms with Gasteiger partial charge in [0.15, 0.2) is 9.84 Å². The summed E-state index contributed by atoms with van der Waals surface area (Å²) < 4.78 is 24.0. The molecule has 0 radical (unpaired) electrons. The van der Waals surface area contributed by atoms with Crippen LogP contribution in [-0.4, -0.2) is 25.2 Å². The number of hydrogen-bond acceptors (Lipinski definition) is 3. The average molecular weight is 321 g/mol. The zero-order valence-electron chi connectivity index (χ0n) is 9.69. The number of sulfone groups is 1. The topological polar surface area (TPSA) is 71.4 Å². The van der Waals surface area contributed by atoms with Crippen molar-refractivity contribution in [1.29, 1.82) is 0 Å². The first-order chi connectivity index (χ1) is 8.79. The van der Waals surface area contributed by atoms with Crippen molar-refractivity contribution in [3.8, 4) is 12.3 Å². The lowest BCUT2D eigenvalue weighted by atomic mass is 10.2. The Hall–Kier alpha value is -1.22. The molecule has 19 heavy (non-hydrogen) atoms. The van der Waals surface area contributed by atoms with Crippen molar-refractivity contribution < 1.29 is 18.3 Å². The molecule has 0 bridgehead atoms. The molecular formula is C12H10Cl2O4S. The Labute approximate surface area is 121 Å². The second-order valence-corrected chi connectivity index (χ2v) is 6.59. The monoisotopic (exact) mass is 320 g/mol. The molecule has 1 aromatic carbocycles. The predicted octanol–water partition coefficient (Wildman–Crippen LogP) is 2.88. The highest BCUT2D eigenvalue weighted by Crippen LogP contribution is 2.29. The number of halogens is 2. The van der Waals surface area contributed by atoms with E-state index in [0.29, 0.717) is 6.42 Å². The Balaban J connectivity index is 3.24. The fourth-order valence-corrected chi connectivity index (χ4v) is 3.62. The number of rotatable bonds is 5. The van der Waals surface area contributed by atoms with Gasteiger partial charge < -0.3 is 5.11 Å². The highest BCUT2D eigenvalue weighted by molar-refractivity contribution is 7.91. The van der Waals surface area contributed by atoms with Crippen LogP contribution in [-0.2, 0) is 9.84 Å². The standard InChI is InChI=1S/C12H10Cl2O4S/c1-2-3-4-5-19(17,18)11-6-8(12(15)16)9(13)7-10(11)14/h1,6-7H,3-5H2,(H,15,16). The molecule has 0 heterocycles. The molecular weight excluding hydrogens is 311 g/mol. The zero-order valence-corrected chi connectivity index (χ0v) is 12.0. The van der Waals surface area contributed by atoms with Crippen LogP contribution >= 0.6 is 23.2 Å².